The minimum Gasteiger partial charge on any atom is -0.384 e. The zero-order valence-corrected chi connectivity index (χ0v) is 19.8. The van der Waals surface area contributed by atoms with E-state index >= 15 is 0 Å². The van der Waals surface area contributed by atoms with E-state index in [-0.39, 0.29) is 18.4 Å². The number of rotatable bonds is 5. The lowest BCUT2D eigenvalue weighted by Gasteiger charge is -2.39. The summed E-state index contributed by atoms with van der Waals surface area (Å²) in [5, 5.41) is 2.80. The number of aryl methyl sites for hydroxylation is 1. The van der Waals surface area contributed by atoms with Crippen molar-refractivity contribution >= 4 is 29.6 Å². The Morgan fingerprint density at radius 3 is 2.46 bits per heavy atom. The number of hydrogen-bond acceptors (Lipinski definition) is 8. The number of amides is 4. The number of aromatic nitrogens is 4. The summed E-state index contributed by atoms with van der Waals surface area (Å²) in [7, 11) is 1.51. The highest BCUT2D eigenvalue weighted by Gasteiger charge is 2.47. The second-order valence-corrected chi connectivity index (χ2v) is 7.88. The maximum atomic E-state index is 12.7. The van der Waals surface area contributed by atoms with Crippen molar-refractivity contribution in [1.29, 1.82) is 0 Å². The van der Waals surface area contributed by atoms with Crippen molar-refractivity contribution in [2.75, 3.05) is 17.7 Å². The molecular weight excluding hydrogens is 448 g/mol. The van der Waals surface area contributed by atoms with Crippen molar-refractivity contribution in [3.8, 4) is 0 Å². The summed E-state index contributed by atoms with van der Waals surface area (Å²) >= 11 is 0. The summed E-state index contributed by atoms with van der Waals surface area (Å²) in [6, 6.07) is 7.25. The van der Waals surface area contributed by atoms with Gasteiger partial charge in [0.1, 0.15) is 11.9 Å². The van der Waals surface area contributed by atoms with E-state index in [1.54, 1.807) is 30.7 Å². The predicted octanol–water partition coefficient (Wildman–Crippen LogP) is 2.27. The standard InChI is InChI=1S/C18H20N6O3.C6H8N2/c1-3-13(12-6-4-7-19-11-12)22-18(27)24-14(10-15(24)25)16(26)23(2)17-20-8-5-9-21-17;1-5-2-3-8-6(7)4-5/h4-9,11,13-14H,3,10H2,1-2H3,(H,22,27);2-4H,1H3,(H2,7,8). The Morgan fingerprint density at radius 1 is 1.17 bits per heavy atom. The molecule has 3 aromatic heterocycles. The number of hydrogen-bond donors (Lipinski definition) is 2. The normalized spacial score (nSPS) is 15.2. The van der Waals surface area contributed by atoms with Crippen LogP contribution in [-0.2, 0) is 9.59 Å². The van der Waals surface area contributed by atoms with Gasteiger partial charge in [-0.05, 0) is 48.7 Å². The molecule has 11 heteroatoms. The highest BCUT2D eigenvalue weighted by atomic mass is 16.2. The molecule has 35 heavy (non-hydrogen) atoms. The number of likely N-dealkylation sites (tertiary alicyclic amines) is 1. The van der Waals surface area contributed by atoms with E-state index in [1.165, 1.54) is 24.3 Å². The fraction of sp³-hybridized carbons (Fsp3) is 0.292. The molecule has 4 amide bonds. The Bertz CT molecular complexity index is 1140. The molecule has 0 aromatic carbocycles. The highest BCUT2D eigenvalue weighted by molar-refractivity contribution is 6.10. The quantitative estimate of drug-likeness (QED) is 0.533. The first-order chi connectivity index (χ1) is 16.8. The molecule has 1 aliphatic heterocycles. The third-order valence-corrected chi connectivity index (χ3v) is 5.36. The van der Waals surface area contributed by atoms with Gasteiger partial charge in [-0.25, -0.2) is 19.7 Å². The van der Waals surface area contributed by atoms with E-state index in [1.807, 2.05) is 32.0 Å². The number of imide groups is 1. The first-order valence-electron chi connectivity index (χ1n) is 11.1. The summed E-state index contributed by atoms with van der Waals surface area (Å²) in [4.78, 5) is 55.4. The summed E-state index contributed by atoms with van der Waals surface area (Å²) in [6.45, 7) is 3.90. The van der Waals surface area contributed by atoms with Crippen LogP contribution in [0.5, 0.6) is 0 Å². The minimum atomic E-state index is -0.863. The first kappa shape index (κ1) is 25.2. The minimum absolute atomic E-state index is 0.0207. The predicted molar refractivity (Wildman–Crippen MR) is 130 cm³/mol. The Labute approximate surface area is 203 Å². The summed E-state index contributed by atoms with van der Waals surface area (Å²) in [6.07, 6.45) is 8.64. The number of urea groups is 1. The average Bonchev–Trinajstić information content (AvgIpc) is 2.86. The largest absolute Gasteiger partial charge is 0.384 e. The Kier molecular flexibility index (Phi) is 8.38. The van der Waals surface area contributed by atoms with Crippen molar-refractivity contribution in [1.82, 2.24) is 30.2 Å². The monoisotopic (exact) mass is 476 g/mol. The highest BCUT2D eigenvalue weighted by Crippen LogP contribution is 2.24. The van der Waals surface area contributed by atoms with Crippen molar-refractivity contribution in [3.05, 3.63) is 72.4 Å². The van der Waals surface area contributed by atoms with Crippen molar-refractivity contribution in [2.45, 2.75) is 38.8 Å². The number of pyridine rings is 2. The van der Waals surface area contributed by atoms with Crippen LogP contribution in [0.25, 0.3) is 0 Å². The first-order valence-corrected chi connectivity index (χ1v) is 11.1. The topological polar surface area (TPSA) is 147 Å². The van der Waals surface area contributed by atoms with Gasteiger partial charge in [-0.3, -0.25) is 24.4 Å². The fourth-order valence-electron chi connectivity index (χ4n) is 3.44. The molecule has 3 N–H and O–H groups in total. The number of nitrogens with zero attached hydrogens (tertiary/aromatic N) is 6. The molecule has 3 aromatic rings. The maximum absolute atomic E-state index is 12.7. The lowest BCUT2D eigenvalue weighted by Crippen LogP contribution is -2.64. The molecule has 2 unspecified atom stereocenters. The van der Waals surface area contributed by atoms with Gasteiger partial charge in [-0.2, -0.15) is 0 Å². The molecule has 4 heterocycles. The second-order valence-electron chi connectivity index (χ2n) is 7.88. The summed E-state index contributed by atoms with van der Waals surface area (Å²) in [5.41, 5.74) is 7.33. The third-order valence-electron chi connectivity index (χ3n) is 5.36. The lowest BCUT2D eigenvalue weighted by molar-refractivity contribution is -0.147. The van der Waals surface area contributed by atoms with Crippen LogP contribution in [0.2, 0.25) is 0 Å². The van der Waals surface area contributed by atoms with Crippen LogP contribution >= 0.6 is 0 Å². The molecule has 1 saturated heterocycles. The van der Waals surface area contributed by atoms with Crippen LogP contribution in [0.3, 0.4) is 0 Å². The lowest BCUT2D eigenvalue weighted by atomic mass is 10.0. The molecule has 2 atom stereocenters. The van der Waals surface area contributed by atoms with E-state index in [9.17, 15) is 14.4 Å². The third kappa shape index (κ3) is 6.34. The molecule has 4 rings (SSSR count). The van der Waals surface area contributed by atoms with E-state index in [2.05, 4.69) is 25.3 Å². The number of nitrogens with two attached hydrogens (primary N) is 1. The van der Waals surface area contributed by atoms with Gasteiger partial charge in [0.15, 0.2) is 0 Å². The molecule has 0 bridgehead atoms. The SMILES string of the molecule is CCC(NC(=O)N1C(=O)CC1C(=O)N(C)c1ncccn1)c1cccnc1.Cc1ccnc(N)c1. The van der Waals surface area contributed by atoms with Crippen LogP contribution in [0, 0.1) is 6.92 Å². The van der Waals surface area contributed by atoms with Crippen LogP contribution in [-0.4, -0.2) is 55.8 Å². The molecule has 1 aliphatic rings. The van der Waals surface area contributed by atoms with Gasteiger partial charge >= 0.3 is 6.03 Å². The number of β-lactam (4-membered cyclic amide) rings is 1. The summed E-state index contributed by atoms with van der Waals surface area (Å²) in [5.74, 6) is -0.00588. The zero-order valence-electron chi connectivity index (χ0n) is 19.8. The Hall–Kier alpha value is -4.41. The molecule has 1 fully saturated rings. The molecule has 11 nitrogen and oxygen atoms in total. The van der Waals surface area contributed by atoms with Crippen molar-refractivity contribution in [2.24, 2.45) is 0 Å². The number of carbonyl (C=O) groups is 3. The van der Waals surface area contributed by atoms with Gasteiger partial charge in [0, 0.05) is 38.0 Å². The Balaban J connectivity index is 0.000000363. The van der Waals surface area contributed by atoms with E-state index in [4.69, 9.17) is 5.73 Å². The number of carbonyl (C=O) groups excluding carboxylic acids is 3. The molecule has 0 aliphatic carbocycles. The molecule has 0 spiro atoms. The van der Waals surface area contributed by atoms with Gasteiger partial charge in [-0.1, -0.05) is 13.0 Å². The van der Waals surface area contributed by atoms with E-state index < -0.39 is 23.9 Å². The number of anilines is 2. The van der Waals surface area contributed by atoms with Crippen molar-refractivity contribution in [3.63, 3.8) is 0 Å². The number of nitrogens with one attached hydrogen (secondary N) is 1. The molecule has 0 radical (unpaired) electrons. The van der Waals surface area contributed by atoms with Crippen LogP contribution < -0.4 is 16.0 Å². The summed E-state index contributed by atoms with van der Waals surface area (Å²) < 4.78 is 0. The number of likely N-dealkylation sites (N-methyl/N-ethyl adjacent to an activating group) is 1. The average molecular weight is 477 g/mol. The van der Waals surface area contributed by atoms with Crippen molar-refractivity contribution < 1.29 is 14.4 Å². The Morgan fingerprint density at radius 2 is 1.91 bits per heavy atom. The molecular formula is C24H28N8O3. The van der Waals surface area contributed by atoms with Crippen LogP contribution in [0.1, 0.15) is 36.9 Å². The maximum Gasteiger partial charge on any atom is 0.325 e. The van der Waals surface area contributed by atoms with Gasteiger partial charge in [0.2, 0.25) is 11.9 Å². The number of nitrogen functional groups attached to an aromatic ring is 1. The second kappa shape index (κ2) is 11.6. The molecule has 182 valence electrons. The van der Waals surface area contributed by atoms with Crippen LogP contribution in [0.15, 0.2) is 61.3 Å². The van der Waals surface area contributed by atoms with Gasteiger partial charge in [0.25, 0.3) is 5.91 Å². The zero-order chi connectivity index (χ0) is 25.4. The van der Waals surface area contributed by atoms with Gasteiger partial charge < -0.3 is 11.1 Å². The smallest absolute Gasteiger partial charge is 0.325 e. The molecule has 0 saturated carbocycles. The van der Waals surface area contributed by atoms with Gasteiger partial charge in [0.05, 0.1) is 12.5 Å². The van der Waals surface area contributed by atoms with E-state index in [0.717, 1.165) is 16.0 Å². The van der Waals surface area contributed by atoms with Gasteiger partial charge in [-0.15, -0.1) is 0 Å². The van der Waals surface area contributed by atoms with Crippen LogP contribution in [0.4, 0.5) is 16.6 Å². The van der Waals surface area contributed by atoms with E-state index in [0.29, 0.717) is 12.2 Å². The fourth-order valence-corrected chi connectivity index (χ4v) is 3.44.